The van der Waals surface area contributed by atoms with Gasteiger partial charge in [-0.25, -0.2) is 0 Å². The Morgan fingerprint density at radius 1 is 1.32 bits per heavy atom. The van der Waals surface area contributed by atoms with Crippen LogP contribution in [0, 0.1) is 0 Å². The minimum atomic E-state index is -0.312. The first-order valence-corrected chi connectivity index (χ1v) is 7.74. The number of benzene rings is 1. The monoisotopic (exact) mass is 307 g/mol. The Morgan fingerprint density at radius 2 is 2.09 bits per heavy atom. The summed E-state index contributed by atoms with van der Waals surface area (Å²) in [6.45, 7) is 3.97. The zero-order valence-electron chi connectivity index (χ0n) is 13.3. The number of carbonyl (C=O) groups excluding carboxylic acids is 2. The molecule has 1 aromatic rings. The Kier molecular flexibility index (Phi) is 8.04. The third-order valence-electron chi connectivity index (χ3n) is 3.30. The number of ether oxygens (including phenoxy) is 1. The zero-order valence-corrected chi connectivity index (χ0v) is 13.3. The molecule has 0 aliphatic rings. The van der Waals surface area contributed by atoms with E-state index in [1.54, 1.807) is 18.2 Å². The summed E-state index contributed by atoms with van der Waals surface area (Å²) in [6, 6.07) is 6.37. The van der Waals surface area contributed by atoms with Crippen LogP contribution in [0.25, 0.3) is 0 Å². The lowest BCUT2D eigenvalue weighted by molar-refractivity contribution is -0.144. The largest absolute Gasteiger partial charge is 0.508 e. The third kappa shape index (κ3) is 7.11. The second-order valence-corrected chi connectivity index (χ2v) is 5.31. The van der Waals surface area contributed by atoms with Gasteiger partial charge in [-0.1, -0.05) is 31.9 Å². The molecule has 0 spiro atoms. The van der Waals surface area contributed by atoms with E-state index in [1.807, 2.05) is 6.07 Å². The van der Waals surface area contributed by atoms with E-state index in [0.717, 1.165) is 24.8 Å². The quantitative estimate of drug-likeness (QED) is 0.543. The highest BCUT2D eigenvalue weighted by Crippen LogP contribution is 2.22. The maximum atomic E-state index is 11.7. The number of hydrogen-bond donors (Lipinski definition) is 2. The van der Waals surface area contributed by atoms with E-state index in [-0.39, 0.29) is 30.1 Å². The van der Waals surface area contributed by atoms with Gasteiger partial charge in [0, 0.05) is 13.3 Å². The van der Waals surface area contributed by atoms with Crippen molar-refractivity contribution in [3.63, 3.8) is 0 Å². The molecular weight excluding hydrogens is 282 g/mol. The number of rotatable bonds is 9. The van der Waals surface area contributed by atoms with Gasteiger partial charge < -0.3 is 15.2 Å². The summed E-state index contributed by atoms with van der Waals surface area (Å²) in [7, 11) is 0. The van der Waals surface area contributed by atoms with Gasteiger partial charge in [0.05, 0.1) is 12.6 Å². The standard InChI is InChI=1S/C17H25NO4/c1-3-4-5-11-22-17(21)10-9-16(18-13(2)19)14-7-6-8-15(20)12-14/h6-8,12,16,20H,3-5,9-11H2,1-2H3,(H,18,19). The lowest BCUT2D eigenvalue weighted by Crippen LogP contribution is -2.26. The Morgan fingerprint density at radius 3 is 2.73 bits per heavy atom. The number of phenolic OH excluding ortho intramolecular Hbond substituents is 1. The van der Waals surface area contributed by atoms with E-state index < -0.39 is 0 Å². The average molecular weight is 307 g/mol. The highest BCUT2D eigenvalue weighted by atomic mass is 16.5. The highest BCUT2D eigenvalue weighted by molar-refractivity contribution is 5.74. The summed E-state index contributed by atoms with van der Waals surface area (Å²) in [6.07, 6.45) is 3.68. The smallest absolute Gasteiger partial charge is 0.305 e. The van der Waals surface area contributed by atoms with Gasteiger partial charge in [0.15, 0.2) is 0 Å². The second kappa shape index (κ2) is 9.82. The summed E-state index contributed by atoms with van der Waals surface area (Å²) in [5.41, 5.74) is 0.772. The number of esters is 1. The van der Waals surface area contributed by atoms with E-state index in [1.165, 1.54) is 6.92 Å². The van der Waals surface area contributed by atoms with Crippen LogP contribution in [0.5, 0.6) is 5.75 Å². The van der Waals surface area contributed by atoms with Crippen LogP contribution in [0.2, 0.25) is 0 Å². The van der Waals surface area contributed by atoms with Gasteiger partial charge in [0.25, 0.3) is 0 Å². The fourth-order valence-corrected chi connectivity index (χ4v) is 2.18. The zero-order chi connectivity index (χ0) is 16.4. The van der Waals surface area contributed by atoms with Crippen LogP contribution in [0.1, 0.15) is 57.6 Å². The first-order chi connectivity index (χ1) is 10.5. The van der Waals surface area contributed by atoms with E-state index in [4.69, 9.17) is 4.74 Å². The summed E-state index contributed by atoms with van der Waals surface area (Å²) in [5.74, 6) is -0.300. The molecule has 0 bridgehead atoms. The van der Waals surface area contributed by atoms with Crippen molar-refractivity contribution in [1.29, 1.82) is 0 Å². The summed E-state index contributed by atoms with van der Waals surface area (Å²) in [5, 5.41) is 12.3. The minimum Gasteiger partial charge on any atom is -0.508 e. The molecule has 1 atom stereocenters. The molecule has 0 aliphatic heterocycles. The maximum Gasteiger partial charge on any atom is 0.305 e. The van der Waals surface area contributed by atoms with Gasteiger partial charge in [-0.15, -0.1) is 0 Å². The number of carbonyl (C=O) groups is 2. The van der Waals surface area contributed by atoms with Gasteiger partial charge in [-0.05, 0) is 30.5 Å². The van der Waals surface area contributed by atoms with Crippen LogP contribution >= 0.6 is 0 Å². The van der Waals surface area contributed by atoms with E-state index in [2.05, 4.69) is 12.2 Å². The predicted molar refractivity (Wildman–Crippen MR) is 84.4 cm³/mol. The molecule has 122 valence electrons. The van der Waals surface area contributed by atoms with E-state index in [9.17, 15) is 14.7 Å². The topological polar surface area (TPSA) is 75.6 Å². The van der Waals surface area contributed by atoms with Crippen molar-refractivity contribution in [2.24, 2.45) is 0 Å². The van der Waals surface area contributed by atoms with Gasteiger partial charge in [0.2, 0.25) is 5.91 Å². The maximum absolute atomic E-state index is 11.7. The fraction of sp³-hybridized carbons (Fsp3) is 0.529. The minimum absolute atomic E-state index is 0.134. The van der Waals surface area contributed by atoms with Crippen LogP contribution in [0.3, 0.4) is 0 Å². The normalized spacial score (nSPS) is 11.7. The fourth-order valence-electron chi connectivity index (χ4n) is 2.18. The Bertz CT molecular complexity index is 487. The molecule has 1 amide bonds. The molecule has 0 saturated carbocycles. The van der Waals surface area contributed by atoms with Crippen molar-refractivity contribution >= 4 is 11.9 Å². The first kappa shape index (κ1) is 18.0. The van der Waals surface area contributed by atoms with Crippen LogP contribution in [0.15, 0.2) is 24.3 Å². The van der Waals surface area contributed by atoms with Crippen LogP contribution in [0.4, 0.5) is 0 Å². The number of aromatic hydroxyl groups is 1. The number of nitrogens with one attached hydrogen (secondary N) is 1. The Hall–Kier alpha value is -2.04. The number of unbranched alkanes of at least 4 members (excludes halogenated alkanes) is 2. The highest BCUT2D eigenvalue weighted by Gasteiger charge is 2.15. The van der Waals surface area contributed by atoms with Crippen molar-refractivity contribution < 1.29 is 19.4 Å². The number of phenols is 1. The molecule has 0 saturated heterocycles. The molecule has 2 N–H and O–H groups in total. The molecule has 0 heterocycles. The molecule has 0 radical (unpaired) electrons. The molecule has 1 aromatic carbocycles. The molecule has 0 aliphatic carbocycles. The van der Waals surface area contributed by atoms with Crippen LogP contribution in [-0.2, 0) is 14.3 Å². The third-order valence-corrected chi connectivity index (χ3v) is 3.30. The summed E-state index contributed by atoms with van der Waals surface area (Å²) < 4.78 is 5.16. The second-order valence-electron chi connectivity index (χ2n) is 5.31. The van der Waals surface area contributed by atoms with Crippen LogP contribution in [-0.4, -0.2) is 23.6 Å². The van der Waals surface area contributed by atoms with Gasteiger partial charge in [-0.2, -0.15) is 0 Å². The van der Waals surface area contributed by atoms with Crippen molar-refractivity contribution in [1.82, 2.24) is 5.32 Å². The Balaban J connectivity index is 2.52. The summed E-state index contributed by atoms with van der Waals surface area (Å²) in [4.78, 5) is 23.0. The molecule has 5 heteroatoms. The van der Waals surface area contributed by atoms with Crippen molar-refractivity contribution in [2.45, 2.75) is 52.0 Å². The van der Waals surface area contributed by atoms with Crippen molar-refractivity contribution in [2.75, 3.05) is 6.61 Å². The van der Waals surface area contributed by atoms with Gasteiger partial charge in [0.1, 0.15) is 5.75 Å². The molecule has 22 heavy (non-hydrogen) atoms. The van der Waals surface area contributed by atoms with E-state index in [0.29, 0.717) is 13.0 Å². The van der Waals surface area contributed by atoms with Crippen LogP contribution < -0.4 is 5.32 Å². The summed E-state index contributed by atoms with van der Waals surface area (Å²) >= 11 is 0. The molecule has 1 rings (SSSR count). The SMILES string of the molecule is CCCCCOC(=O)CCC(NC(C)=O)c1cccc(O)c1. The molecule has 1 unspecified atom stereocenters. The van der Waals surface area contributed by atoms with Crippen molar-refractivity contribution in [3.05, 3.63) is 29.8 Å². The van der Waals surface area contributed by atoms with Gasteiger partial charge >= 0.3 is 5.97 Å². The molecular formula is C17H25NO4. The van der Waals surface area contributed by atoms with E-state index >= 15 is 0 Å². The molecule has 0 fully saturated rings. The molecule has 5 nitrogen and oxygen atoms in total. The number of amides is 1. The first-order valence-electron chi connectivity index (χ1n) is 7.74. The predicted octanol–water partition coefficient (Wildman–Crippen LogP) is 3.08. The lowest BCUT2D eigenvalue weighted by Gasteiger charge is -2.18. The van der Waals surface area contributed by atoms with Crippen molar-refractivity contribution in [3.8, 4) is 5.75 Å². The number of hydrogen-bond acceptors (Lipinski definition) is 4. The Labute approximate surface area is 131 Å². The van der Waals surface area contributed by atoms with Gasteiger partial charge in [-0.3, -0.25) is 9.59 Å². The average Bonchev–Trinajstić information content (AvgIpc) is 2.47. The lowest BCUT2D eigenvalue weighted by atomic mass is 10.0. The molecule has 0 aromatic heterocycles.